The first-order chi connectivity index (χ1) is 8.25. The van der Waals surface area contributed by atoms with Crippen LogP contribution in [0.4, 0.5) is 5.82 Å². The van der Waals surface area contributed by atoms with E-state index in [1.165, 1.54) is 16.4 Å². The molecule has 0 bridgehead atoms. The van der Waals surface area contributed by atoms with Crippen molar-refractivity contribution in [2.75, 3.05) is 11.9 Å². The highest BCUT2D eigenvalue weighted by molar-refractivity contribution is 7.10. The van der Waals surface area contributed by atoms with Gasteiger partial charge in [0.15, 0.2) is 0 Å². The zero-order valence-corrected chi connectivity index (χ0v) is 11.0. The third kappa shape index (κ3) is 1.86. The summed E-state index contributed by atoms with van der Waals surface area (Å²) in [5.41, 5.74) is 1.18. The van der Waals surface area contributed by atoms with Crippen molar-refractivity contribution in [1.82, 2.24) is 9.78 Å². The van der Waals surface area contributed by atoms with Gasteiger partial charge in [-0.3, -0.25) is 0 Å². The Morgan fingerprint density at radius 1 is 1.53 bits per heavy atom. The zero-order chi connectivity index (χ0) is 11.8. The van der Waals surface area contributed by atoms with Gasteiger partial charge < -0.3 is 5.32 Å². The molecule has 2 aromatic rings. The van der Waals surface area contributed by atoms with Crippen molar-refractivity contribution in [3.63, 3.8) is 0 Å². The smallest absolute Gasteiger partial charge is 0.125 e. The number of aromatic nitrogens is 2. The summed E-state index contributed by atoms with van der Waals surface area (Å²) in [5, 5.41) is 10.3. The minimum Gasteiger partial charge on any atom is -0.370 e. The van der Waals surface area contributed by atoms with Crippen LogP contribution in [0.2, 0.25) is 0 Å². The van der Waals surface area contributed by atoms with E-state index in [1.54, 1.807) is 0 Å². The zero-order valence-electron chi connectivity index (χ0n) is 10.2. The van der Waals surface area contributed by atoms with E-state index in [9.17, 15) is 0 Å². The van der Waals surface area contributed by atoms with Gasteiger partial charge in [0.1, 0.15) is 5.82 Å². The van der Waals surface area contributed by atoms with Gasteiger partial charge in [-0.25, -0.2) is 4.68 Å². The van der Waals surface area contributed by atoms with Gasteiger partial charge in [0, 0.05) is 17.5 Å². The fourth-order valence-electron chi connectivity index (χ4n) is 2.27. The number of nitrogens with one attached hydrogen (secondary N) is 1. The molecule has 3 nitrogen and oxygen atoms in total. The fourth-order valence-corrected chi connectivity index (χ4v) is 3.11. The maximum atomic E-state index is 4.75. The van der Waals surface area contributed by atoms with Crippen molar-refractivity contribution in [3.05, 3.63) is 34.2 Å². The topological polar surface area (TPSA) is 29.9 Å². The van der Waals surface area contributed by atoms with Gasteiger partial charge in [-0.2, -0.15) is 5.10 Å². The first kappa shape index (κ1) is 10.8. The lowest BCUT2D eigenvalue weighted by molar-refractivity contribution is 0.482. The fraction of sp³-hybridized carbons (Fsp3) is 0.462. The molecule has 0 aromatic carbocycles. The molecule has 1 unspecified atom stereocenters. The second kappa shape index (κ2) is 4.18. The van der Waals surface area contributed by atoms with Crippen LogP contribution in [-0.2, 0) is 0 Å². The molecule has 0 amide bonds. The Morgan fingerprint density at radius 2 is 2.41 bits per heavy atom. The standard InChI is InChI=1S/C13H17N3S/c1-9(2)10-8-13-14-6-5-11(16(13)15-10)12-4-3-7-17-12/h3-4,7-9,11,14H,5-6H2,1-2H3. The molecule has 1 atom stereocenters. The molecule has 0 saturated carbocycles. The van der Waals surface area contributed by atoms with E-state index in [0.717, 1.165) is 13.0 Å². The molecule has 2 aromatic heterocycles. The number of hydrogen-bond acceptors (Lipinski definition) is 3. The predicted octanol–water partition coefficient (Wildman–Crippen LogP) is 3.47. The van der Waals surface area contributed by atoms with Gasteiger partial charge in [-0.05, 0) is 23.8 Å². The van der Waals surface area contributed by atoms with E-state index in [4.69, 9.17) is 5.10 Å². The minimum absolute atomic E-state index is 0.416. The van der Waals surface area contributed by atoms with Crippen LogP contribution in [-0.4, -0.2) is 16.3 Å². The van der Waals surface area contributed by atoms with E-state index in [-0.39, 0.29) is 0 Å². The highest BCUT2D eigenvalue weighted by Crippen LogP contribution is 2.33. The van der Waals surface area contributed by atoms with E-state index < -0.39 is 0 Å². The minimum atomic E-state index is 0.416. The first-order valence-corrected chi connectivity index (χ1v) is 7.00. The van der Waals surface area contributed by atoms with Crippen molar-refractivity contribution in [2.24, 2.45) is 0 Å². The van der Waals surface area contributed by atoms with Crippen LogP contribution < -0.4 is 5.32 Å². The molecular weight excluding hydrogens is 230 g/mol. The Morgan fingerprint density at radius 3 is 3.12 bits per heavy atom. The van der Waals surface area contributed by atoms with Crippen molar-refractivity contribution >= 4 is 17.2 Å². The van der Waals surface area contributed by atoms with E-state index in [0.29, 0.717) is 12.0 Å². The van der Waals surface area contributed by atoms with Crippen molar-refractivity contribution in [3.8, 4) is 0 Å². The Balaban J connectivity index is 2.02. The number of rotatable bonds is 2. The number of anilines is 1. The van der Waals surface area contributed by atoms with Crippen molar-refractivity contribution < 1.29 is 0 Å². The highest BCUT2D eigenvalue weighted by Gasteiger charge is 2.24. The quantitative estimate of drug-likeness (QED) is 0.880. The lowest BCUT2D eigenvalue weighted by atomic mass is 10.1. The average molecular weight is 247 g/mol. The molecule has 3 rings (SSSR count). The summed E-state index contributed by atoms with van der Waals surface area (Å²) in [7, 11) is 0. The summed E-state index contributed by atoms with van der Waals surface area (Å²) in [6.07, 6.45) is 1.12. The van der Waals surface area contributed by atoms with Crippen LogP contribution in [0.15, 0.2) is 23.6 Å². The lowest BCUT2D eigenvalue weighted by Crippen LogP contribution is -2.23. The molecule has 1 aliphatic rings. The van der Waals surface area contributed by atoms with Gasteiger partial charge in [0.25, 0.3) is 0 Å². The Labute approximate surface area is 105 Å². The normalized spacial score (nSPS) is 19.1. The Hall–Kier alpha value is -1.29. The third-order valence-electron chi connectivity index (χ3n) is 3.24. The van der Waals surface area contributed by atoms with Gasteiger partial charge in [-0.1, -0.05) is 19.9 Å². The van der Waals surface area contributed by atoms with Crippen LogP contribution in [0, 0.1) is 0 Å². The van der Waals surface area contributed by atoms with Crippen LogP contribution in [0.5, 0.6) is 0 Å². The summed E-state index contributed by atoms with van der Waals surface area (Å²) in [4.78, 5) is 1.41. The average Bonchev–Trinajstić information content (AvgIpc) is 2.97. The molecule has 0 radical (unpaired) electrons. The summed E-state index contributed by atoms with van der Waals surface area (Å²) in [6.45, 7) is 5.41. The monoisotopic (exact) mass is 247 g/mol. The van der Waals surface area contributed by atoms with Crippen molar-refractivity contribution in [2.45, 2.75) is 32.2 Å². The van der Waals surface area contributed by atoms with Gasteiger partial charge >= 0.3 is 0 Å². The van der Waals surface area contributed by atoms with Crippen LogP contribution in [0.1, 0.15) is 42.8 Å². The van der Waals surface area contributed by atoms with Crippen LogP contribution >= 0.6 is 11.3 Å². The SMILES string of the molecule is CC(C)c1cc2n(n1)C(c1cccs1)CCN2. The molecule has 0 fully saturated rings. The largest absolute Gasteiger partial charge is 0.370 e. The van der Waals surface area contributed by atoms with E-state index in [1.807, 2.05) is 11.3 Å². The second-order valence-electron chi connectivity index (χ2n) is 4.80. The molecular formula is C13H17N3S. The van der Waals surface area contributed by atoms with Crippen LogP contribution in [0.3, 0.4) is 0 Å². The van der Waals surface area contributed by atoms with E-state index in [2.05, 4.69) is 47.4 Å². The van der Waals surface area contributed by atoms with Gasteiger partial charge in [0.05, 0.1) is 11.7 Å². The number of nitrogens with zero attached hydrogens (tertiary/aromatic N) is 2. The number of hydrogen-bond donors (Lipinski definition) is 1. The maximum absolute atomic E-state index is 4.75. The predicted molar refractivity (Wildman–Crippen MR) is 71.9 cm³/mol. The van der Waals surface area contributed by atoms with E-state index >= 15 is 0 Å². The molecule has 0 aliphatic carbocycles. The first-order valence-electron chi connectivity index (χ1n) is 6.12. The van der Waals surface area contributed by atoms with Gasteiger partial charge in [0.2, 0.25) is 0 Å². The number of thiophene rings is 1. The molecule has 3 heterocycles. The molecule has 4 heteroatoms. The third-order valence-corrected chi connectivity index (χ3v) is 4.21. The lowest BCUT2D eigenvalue weighted by Gasteiger charge is -2.24. The molecule has 0 saturated heterocycles. The Kier molecular flexibility index (Phi) is 2.67. The highest BCUT2D eigenvalue weighted by atomic mass is 32.1. The molecule has 90 valence electrons. The van der Waals surface area contributed by atoms with Crippen LogP contribution in [0.25, 0.3) is 0 Å². The summed E-state index contributed by atoms with van der Waals surface area (Å²) in [6, 6.07) is 6.93. The molecule has 17 heavy (non-hydrogen) atoms. The summed E-state index contributed by atoms with van der Waals surface area (Å²) >= 11 is 1.82. The number of fused-ring (bicyclic) bond motifs is 1. The summed E-state index contributed by atoms with van der Waals surface area (Å²) < 4.78 is 2.16. The van der Waals surface area contributed by atoms with Gasteiger partial charge in [-0.15, -0.1) is 11.3 Å². The van der Waals surface area contributed by atoms with Crippen molar-refractivity contribution in [1.29, 1.82) is 0 Å². The molecule has 1 aliphatic heterocycles. The summed E-state index contributed by atoms with van der Waals surface area (Å²) in [5.74, 6) is 1.65. The maximum Gasteiger partial charge on any atom is 0.125 e. The second-order valence-corrected chi connectivity index (χ2v) is 5.78. The molecule has 0 spiro atoms. The molecule has 1 N–H and O–H groups in total. The Bertz CT molecular complexity index is 499.